The molecule has 0 bridgehead atoms. The third-order valence-corrected chi connectivity index (χ3v) is 4.51. The molecule has 7 heteroatoms. The lowest BCUT2D eigenvalue weighted by Gasteiger charge is -2.13. The molecule has 1 fully saturated rings. The van der Waals surface area contributed by atoms with Gasteiger partial charge in [0.2, 0.25) is 17.7 Å². The lowest BCUT2D eigenvalue weighted by molar-refractivity contribution is -0.138. The first kappa shape index (κ1) is 17.5. The van der Waals surface area contributed by atoms with E-state index in [1.807, 2.05) is 0 Å². The van der Waals surface area contributed by atoms with Crippen LogP contribution in [0.5, 0.6) is 0 Å². The SMILES string of the molecule is O=C(CCN1C(=O)CCC1=O)NCCSCc1ccccc1F. The van der Waals surface area contributed by atoms with Gasteiger partial charge in [-0.2, -0.15) is 11.8 Å². The fourth-order valence-corrected chi connectivity index (χ4v) is 3.08. The van der Waals surface area contributed by atoms with Crippen molar-refractivity contribution in [3.8, 4) is 0 Å². The normalized spacial score (nSPS) is 14.4. The summed E-state index contributed by atoms with van der Waals surface area (Å²) in [6.45, 7) is 0.617. The number of carbonyl (C=O) groups excluding carboxylic acids is 3. The summed E-state index contributed by atoms with van der Waals surface area (Å²) in [5.74, 6) is 0.403. The summed E-state index contributed by atoms with van der Waals surface area (Å²) in [6.07, 6.45) is 0.607. The van der Waals surface area contributed by atoms with E-state index in [1.165, 1.54) is 17.8 Å². The predicted octanol–water partition coefficient (Wildman–Crippen LogP) is 1.71. The van der Waals surface area contributed by atoms with Crippen molar-refractivity contribution in [1.29, 1.82) is 0 Å². The van der Waals surface area contributed by atoms with Crippen molar-refractivity contribution in [2.24, 2.45) is 0 Å². The first-order chi connectivity index (χ1) is 11.1. The number of nitrogens with zero attached hydrogens (tertiary/aromatic N) is 1. The highest BCUT2D eigenvalue weighted by molar-refractivity contribution is 7.98. The van der Waals surface area contributed by atoms with E-state index in [1.54, 1.807) is 18.2 Å². The highest BCUT2D eigenvalue weighted by Crippen LogP contribution is 2.15. The summed E-state index contributed by atoms with van der Waals surface area (Å²) in [5, 5.41) is 2.73. The Morgan fingerprint density at radius 3 is 2.61 bits per heavy atom. The van der Waals surface area contributed by atoms with Gasteiger partial charge in [0.25, 0.3) is 0 Å². The maximum absolute atomic E-state index is 13.4. The Bertz CT molecular complexity index is 578. The molecular weight excluding hydrogens is 319 g/mol. The third kappa shape index (κ3) is 5.35. The van der Waals surface area contributed by atoms with Crippen molar-refractivity contribution in [2.75, 3.05) is 18.8 Å². The van der Waals surface area contributed by atoms with E-state index in [9.17, 15) is 18.8 Å². The molecule has 1 N–H and O–H groups in total. The van der Waals surface area contributed by atoms with Crippen molar-refractivity contribution >= 4 is 29.5 Å². The number of carbonyl (C=O) groups is 3. The standard InChI is InChI=1S/C16H19FN2O3S/c17-13-4-2-1-3-12(13)11-23-10-8-18-14(20)7-9-19-15(21)5-6-16(19)22/h1-4H,5-11H2,(H,18,20). The smallest absolute Gasteiger partial charge is 0.229 e. The minimum absolute atomic E-state index is 0.120. The van der Waals surface area contributed by atoms with Crippen molar-refractivity contribution in [1.82, 2.24) is 10.2 Å². The lowest BCUT2D eigenvalue weighted by atomic mass is 10.2. The first-order valence-corrected chi connectivity index (χ1v) is 8.64. The molecule has 2 rings (SSSR count). The number of hydrogen-bond donors (Lipinski definition) is 1. The molecule has 0 atom stereocenters. The number of hydrogen-bond acceptors (Lipinski definition) is 4. The second-order valence-corrected chi connectivity index (χ2v) is 6.29. The van der Waals surface area contributed by atoms with Gasteiger partial charge in [-0.15, -0.1) is 0 Å². The molecule has 1 aromatic rings. The van der Waals surface area contributed by atoms with Crippen LogP contribution in [0.3, 0.4) is 0 Å². The molecule has 3 amide bonds. The maximum Gasteiger partial charge on any atom is 0.229 e. The summed E-state index contributed by atoms with van der Waals surface area (Å²) in [7, 11) is 0. The van der Waals surface area contributed by atoms with Gasteiger partial charge in [-0.25, -0.2) is 4.39 Å². The molecular formula is C16H19FN2O3S. The summed E-state index contributed by atoms with van der Waals surface area (Å²) in [4.78, 5) is 35.6. The Hall–Kier alpha value is -1.89. The summed E-state index contributed by atoms with van der Waals surface area (Å²) in [5.41, 5.74) is 0.648. The molecule has 1 aliphatic heterocycles. The Morgan fingerprint density at radius 2 is 1.91 bits per heavy atom. The van der Waals surface area contributed by atoms with E-state index in [-0.39, 0.29) is 49.3 Å². The quantitative estimate of drug-likeness (QED) is 0.579. The first-order valence-electron chi connectivity index (χ1n) is 7.49. The number of rotatable bonds is 8. The van der Waals surface area contributed by atoms with Crippen LogP contribution in [0.15, 0.2) is 24.3 Å². The van der Waals surface area contributed by atoms with Crippen molar-refractivity contribution in [2.45, 2.75) is 25.0 Å². The number of amides is 3. The fourth-order valence-electron chi connectivity index (χ4n) is 2.23. The maximum atomic E-state index is 13.4. The van der Waals surface area contributed by atoms with Crippen LogP contribution >= 0.6 is 11.8 Å². The second-order valence-electron chi connectivity index (χ2n) is 5.18. The predicted molar refractivity (Wildman–Crippen MR) is 86.1 cm³/mol. The van der Waals surface area contributed by atoms with Gasteiger partial charge in [0.1, 0.15) is 5.82 Å². The van der Waals surface area contributed by atoms with Crippen molar-refractivity contribution in [3.05, 3.63) is 35.6 Å². The molecule has 0 radical (unpaired) electrons. The van der Waals surface area contributed by atoms with E-state index >= 15 is 0 Å². The molecule has 124 valence electrons. The van der Waals surface area contributed by atoms with Gasteiger partial charge in [0.05, 0.1) is 0 Å². The zero-order valence-corrected chi connectivity index (χ0v) is 13.5. The molecule has 1 heterocycles. The van der Waals surface area contributed by atoms with Gasteiger partial charge in [0, 0.05) is 43.9 Å². The van der Waals surface area contributed by atoms with E-state index in [0.717, 1.165) is 4.90 Å². The Kier molecular flexibility index (Phi) is 6.58. The number of nitrogens with one attached hydrogen (secondary N) is 1. The summed E-state index contributed by atoms with van der Waals surface area (Å²) >= 11 is 1.53. The van der Waals surface area contributed by atoms with Crippen LogP contribution in [0.25, 0.3) is 0 Å². The van der Waals surface area contributed by atoms with Gasteiger partial charge >= 0.3 is 0 Å². The van der Waals surface area contributed by atoms with Crippen LogP contribution in [-0.4, -0.2) is 41.5 Å². The van der Waals surface area contributed by atoms with E-state index in [0.29, 0.717) is 23.6 Å². The van der Waals surface area contributed by atoms with Gasteiger partial charge in [-0.1, -0.05) is 18.2 Å². The number of benzene rings is 1. The largest absolute Gasteiger partial charge is 0.355 e. The number of thioether (sulfide) groups is 1. The molecule has 0 unspecified atom stereocenters. The van der Waals surface area contributed by atoms with Crippen molar-refractivity contribution in [3.63, 3.8) is 0 Å². The molecule has 5 nitrogen and oxygen atoms in total. The monoisotopic (exact) mass is 338 g/mol. The minimum Gasteiger partial charge on any atom is -0.355 e. The van der Waals surface area contributed by atoms with E-state index in [2.05, 4.69) is 5.32 Å². The zero-order valence-electron chi connectivity index (χ0n) is 12.7. The average Bonchev–Trinajstić information content (AvgIpc) is 2.85. The Balaban J connectivity index is 1.57. The molecule has 0 saturated carbocycles. The lowest BCUT2D eigenvalue weighted by Crippen LogP contribution is -2.34. The van der Waals surface area contributed by atoms with Crippen LogP contribution in [0.1, 0.15) is 24.8 Å². The number of imide groups is 1. The molecule has 0 spiro atoms. The van der Waals surface area contributed by atoms with Gasteiger partial charge in [-0.3, -0.25) is 19.3 Å². The van der Waals surface area contributed by atoms with E-state index in [4.69, 9.17) is 0 Å². The van der Waals surface area contributed by atoms with Crippen LogP contribution in [0, 0.1) is 5.82 Å². The number of likely N-dealkylation sites (tertiary alicyclic amines) is 1. The highest BCUT2D eigenvalue weighted by Gasteiger charge is 2.28. The third-order valence-electron chi connectivity index (χ3n) is 3.50. The van der Waals surface area contributed by atoms with Crippen LogP contribution in [0.2, 0.25) is 0 Å². The van der Waals surface area contributed by atoms with Crippen LogP contribution < -0.4 is 5.32 Å². The molecule has 1 aromatic carbocycles. The topological polar surface area (TPSA) is 66.5 Å². The number of halogens is 1. The average molecular weight is 338 g/mol. The fraction of sp³-hybridized carbons (Fsp3) is 0.438. The Labute approximate surface area is 138 Å². The minimum atomic E-state index is -0.219. The highest BCUT2D eigenvalue weighted by atomic mass is 32.2. The molecule has 0 aromatic heterocycles. The molecule has 1 saturated heterocycles. The van der Waals surface area contributed by atoms with Crippen LogP contribution in [-0.2, 0) is 20.1 Å². The second kappa shape index (κ2) is 8.67. The molecule has 23 heavy (non-hydrogen) atoms. The molecule has 1 aliphatic rings. The van der Waals surface area contributed by atoms with Crippen molar-refractivity contribution < 1.29 is 18.8 Å². The van der Waals surface area contributed by atoms with Gasteiger partial charge < -0.3 is 5.32 Å². The van der Waals surface area contributed by atoms with Gasteiger partial charge in [0.15, 0.2) is 0 Å². The van der Waals surface area contributed by atoms with Gasteiger partial charge in [-0.05, 0) is 11.6 Å². The zero-order chi connectivity index (χ0) is 16.7. The van der Waals surface area contributed by atoms with E-state index < -0.39 is 0 Å². The summed E-state index contributed by atoms with van der Waals surface area (Å²) < 4.78 is 13.4. The molecule has 0 aliphatic carbocycles. The Morgan fingerprint density at radius 1 is 1.22 bits per heavy atom. The van der Waals surface area contributed by atoms with Crippen LogP contribution in [0.4, 0.5) is 4.39 Å². The summed E-state index contributed by atoms with van der Waals surface area (Å²) in [6, 6.07) is 6.62.